The fourth-order valence-corrected chi connectivity index (χ4v) is 6.39. The lowest BCUT2D eigenvalue weighted by molar-refractivity contribution is -0.125. The molecular weight excluding hydrogens is 590 g/mol. The molecule has 0 saturated carbocycles. The van der Waals surface area contributed by atoms with Crippen LogP contribution in [0, 0.1) is 17.0 Å². The highest BCUT2D eigenvalue weighted by Gasteiger charge is 2.33. The standard InChI is InChI=1S/C36H44F2N2O4Si/c1-24(2)27-9-7-8-10-28(27)29-20-40(23-42-15-16-45(4,5)6)35-33(29)32(12-14-39-35)44-34-30(37)18-25(19-31(34)38)17-26(41)11-13-36(3)21-43-22-36/h7-10,12,14,18-20,24H,11,13,15-17,21-23H2,1-6H3. The van der Waals surface area contributed by atoms with Crippen LogP contribution >= 0.6 is 0 Å². The first-order chi connectivity index (χ1) is 21.3. The molecule has 2 aromatic carbocycles. The van der Waals surface area contributed by atoms with Crippen molar-refractivity contribution >= 4 is 24.9 Å². The van der Waals surface area contributed by atoms with E-state index in [9.17, 15) is 4.79 Å². The number of carbonyl (C=O) groups excluding carboxylic acids is 1. The highest BCUT2D eigenvalue weighted by molar-refractivity contribution is 6.76. The Morgan fingerprint density at radius 1 is 1.09 bits per heavy atom. The highest BCUT2D eigenvalue weighted by atomic mass is 28.3. The summed E-state index contributed by atoms with van der Waals surface area (Å²) in [6.07, 6.45) is 4.56. The monoisotopic (exact) mass is 634 g/mol. The second-order valence-electron chi connectivity index (χ2n) is 14.1. The van der Waals surface area contributed by atoms with Gasteiger partial charge >= 0.3 is 0 Å². The number of fused-ring (bicyclic) bond motifs is 1. The lowest BCUT2D eigenvalue weighted by atomic mass is 9.82. The summed E-state index contributed by atoms with van der Waals surface area (Å²) < 4.78 is 50.2. The van der Waals surface area contributed by atoms with E-state index in [1.165, 1.54) is 12.1 Å². The van der Waals surface area contributed by atoms with Gasteiger partial charge in [0.2, 0.25) is 0 Å². The van der Waals surface area contributed by atoms with Gasteiger partial charge in [0.05, 0.1) is 18.6 Å². The van der Waals surface area contributed by atoms with Crippen LogP contribution in [-0.4, -0.2) is 43.2 Å². The molecule has 0 bridgehead atoms. The molecule has 45 heavy (non-hydrogen) atoms. The molecule has 9 heteroatoms. The minimum Gasteiger partial charge on any atom is -0.450 e. The number of rotatable bonds is 14. The molecule has 0 aliphatic carbocycles. The van der Waals surface area contributed by atoms with Crippen LogP contribution < -0.4 is 4.74 Å². The van der Waals surface area contributed by atoms with Gasteiger partial charge in [-0.1, -0.05) is 64.7 Å². The highest BCUT2D eigenvalue weighted by Crippen LogP contribution is 2.41. The number of ketones is 1. The van der Waals surface area contributed by atoms with Gasteiger partial charge in [-0.05, 0) is 53.3 Å². The first kappa shape index (κ1) is 33.0. The summed E-state index contributed by atoms with van der Waals surface area (Å²) in [7, 11) is -1.27. The summed E-state index contributed by atoms with van der Waals surface area (Å²) in [5.74, 6) is -1.77. The second-order valence-corrected chi connectivity index (χ2v) is 19.7. The largest absolute Gasteiger partial charge is 0.450 e. The van der Waals surface area contributed by atoms with Crippen LogP contribution in [0.3, 0.4) is 0 Å². The molecule has 0 radical (unpaired) electrons. The van der Waals surface area contributed by atoms with E-state index in [1.54, 1.807) is 12.3 Å². The Kier molecular flexibility index (Phi) is 9.91. The molecule has 0 N–H and O–H groups in total. The number of aromatic nitrogens is 2. The molecule has 0 unspecified atom stereocenters. The number of pyridine rings is 1. The Hall–Kier alpha value is -3.40. The van der Waals surface area contributed by atoms with Crippen LogP contribution in [0.5, 0.6) is 11.5 Å². The van der Waals surface area contributed by atoms with E-state index in [4.69, 9.17) is 14.2 Å². The van der Waals surface area contributed by atoms with Crippen LogP contribution in [0.1, 0.15) is 50.7 Å². The first-order valence-corrected chi connectivity index (χ1v) is 19.4. The van der Waals surface area contributed by atoms with Gasteiger partial charge in [0.25, 0.3) is 0 Å². The van der Waals surface area contributed by atoms with Crippen LogP contribution in [0.15, 0.2) is 54.9 Å². The van der Waals surface area contributed by atoms with E-state index in [0.29, 0.717) is 50.4 Å². The van der Waals surface area contributed by atoms with Crippen molar-refractivity contribution < 1.29 is 27.8 Å². The Balaban J connectivity index is 1.46. The van der Waals surface area contributed by atoms with Crippen molar-refractivity contribution in [3.63, 3.8) is 0 Å². The molecule has 1 aliphatic rings. The minimum absolute atomic E-state index is 0.00726. The SMILES string of the molecule is CC(C)c1ccccc1-c1cn(COCC[Si](C)(C)C)c2nccc(Oc3c(F)cc(CC(=O)CCC4(C)COC4)cc3F)c12. The van der Waals surface area contributed by atoms with Gasteiger partial charge in [-0.2, -0.15) is 0 Å². The third-order valence-corrected chi connectivity index (χ3v) is 10.1. The van der Waals surface area contributed by atoms with Crippen LogP contribution in [-0.2, 0) is 27.4 Å². The maximum absolute atomic E-state index is 15.5. The number of halogens is 2. The van der Waals surface area contributed by atoms with Crippen LogP contribution in [0.2, 0.25) is 25.7 Å². The Bertz CT molecular complexity index is 1650. The van der Waals surface area contributed by atoms with E-state index in [0.717, 1.165) is 22.7 Å². The Morgan fingerprint density at radius 3 is 2.44 bits per heavy atom. The zero-order valence-corrected chi connectivity index (χ0v) is 28.2. The van der Waals surface area contributed by atoms with E-state index in [-0.39, 0.29) is 34.8 Å². The molecule has 5 rings (SSSR count). The second kappa shape index (κ2) is 13.5. The van der Waals surface area contributed by atoms with Crippen molar-refractivity contribution in [2.24, 2.45) is 5.41 Å². The van der Waals surface area contributed by atoms with Crippen molar-refractivity contribution in [2.45, 2.75) is 78.4 Å². The molecule has 2 aromatic heterocycles. The summed E-state index contributed by atoms with van der Waals surface area (Å²) in [6.45, 7) is 15.5. The quantitative estimate of drug-likeness (QED) is 0.102. The van der Waals surface area contributed by atoms with Gasteiger partial charge in [0.15, 0.2) is 17.4 Å². The van der Waals surface area contributed by atoms with Crippen molar-refractivity contribution in [3.8, 4) is 22.6 Å². The average Bonchev–Trinajstić information content (AvgIpc) is 3.34. The van der Waals surface area contributed by atoms with Crippen molar-refractivity contribution in [1.29, 1.82) is 0 Å². The molecular formula is C36H44F2N2O4Si. The molecule has 3 heterocycles. The summed E-state index contributed by atoms with van der Waals surface area (Å²) in [4.78, 5) is 17.2. The van der Waals surface area contributed by atoms with E-state index in [2.05, 4.69) is 51.5 Å². The van der Waals surface area contributed by atoms with Crippen molar-refractivity contribution in [1.82, 2.24) is 9.55 Å². The molecule has 0 amide bonds. The van der Waals surface area contributed by atoms with E-state index < -0.39 is 25.5 Å². The molecule has 1 fully saturated rings. The molecule has 6 nitrogen and oxygen atoms in total. The molecule has 240 valence electrons. The van der Waals surface area contributed by atoms with Crippen molar-refractivity contribution in [2.75, 3.05) is 19.8 Å². The predicted octanol–water partition coefficient (Wildman–Crippen LogP) is 9.14. The third-order valence-electron chi connectivity index (χ3n) is 8.40. The normalized spacial score (nSPS) is 14.6. The minimum atomic E-state index is -1.27. The number of nitrogens with zero attached hydrogens (tertiary/aromatic N) is 2. The van der Waals surface area contributed by atoms with Crippen LogP contribution in [0.25, 0.3) is 22.2 Å². The lowest BCUT2D eigenvalue weighted by Crippen LogP contribution is -2.40. The maximum atomic E-state index is 15.5. The van der Waals surface area contributed by atoms with Gasteiger partial charge in [0.1, 0.15) is 23.9 Å². The third kappa shape index (κ3) is 7.88. The van der Waals surface area contributed by atoms with E-state index in [1.807, 2.05) is 29.0 Å². The predicted molar refractivity (Wildman–Crippen MR) is 177 cm³/mol. The first-order valence-electron chi connectivity index (χ1n) is 15.7. The number of Topliss-reactive ketones (excluding diaryl/α,β-unsaturated/α-hetero) is 1. The number of ether oxygens (including phenoxy) is 3. The number of benzene rings is 2. The smallest absolute Gasteiger partial charge is 0.198 e. The molecule has 4 aromatic rings. The summed E-state index contributed by atoms with van der Waals surface area (Å²) >= 11 is 0. The van der Waals surface area contributed by atoms with Crippen molar-refractivity contribution in [3.05, 3.63) is 77.6 Å². The average molecular weight is 635 g/mol. The Morgan fingerprint density at radius 2 is 1.80 bits per heavy atom. The van der Waals surface area contributed by atoms with Gasteiger partial charge in [-0.3, -0.25) is 4.79 Å². The number of hydrogen-bond acceptors (Lipinski definition) is 5. The molecule has 0 spiro atoms. The van der Waals surface area contributed by atoms with Crippen LogP contribution in [0.4, 0.5) is 8.78 Å². The zero-order chi connectivity index (χ0) is 32.4. The Labute approximate surface area is 265 Å². The van der Waals surface area contributed by atoms with E-state index >= 15 is 8.78 Å². The lowest BCUT2D eigenvalue weighted by Gasteiger charge is -2.37. The van der Waals surface area contributed by atoms with Gasteiger partial charge < -0.3 is 18.8 Å². The summed E-state index contributed by atoms with van der Waals surface area (Å²) in [5, 5.41) is 0.644. The molecule has 0 atom stereocenters. The van der Waals surface area contributed by atoms with Gasteiger partial charge in [-0.15, -0.1) is 0 Å². The fraction of sp³-hybridized carbons (Fsp3) is 0.444. The summed E-state index contributed by atoms with van der Waals surface area (Å²) in [5.41, 5.74) is 3.87. The fourth-order valence-electron chi connectivity index (χ4n) is 5.63. The van der Waals surface area contributed by atoms with Gasteiger partial charge in [0, 0.05) is 50.9 Å². The summed E-state index contributed by atoms with van der Waals surface area (Å²) in [6, 6.07) is 13.2. The topological polar surface area (TPSA) is 62.6 Å². The maximum Gasteiger partial charge on any atom is 0.198 e. The number of hydrogen-bond donors (Lipinski definition) is 0. The zero-order valence-electron chi connectivity index (χ0n) is 27.2. The molecule has 1 aliphatic heterocycles. The van der Waals surface area contributed by atoms with Gasteiger partial charge in [-0.25, -0.2) is 13.8 Å². The molecule has 1 saturated heterocycles. The number of carbonyl (C=O) groups is 1.